The van der Waals surface area contributed by atoms with E-state index in [1.54, 1.807) is 12.3 Å². The molecule has 3 nitrogen and oxygen atoms in total. The molecular weight excluding hydrogens is 231 g/mol. The number of carbonyl (C=O) groups excluding carboxylic acids is 1. The number of halogens is 1. The Morgan fingerprint density at radius 1 is 1.50 bits per heavy atom. The standard InChI is InChI=1S/C14H15FN2O/c1-9-7-17(8-9)14(18)4-10-6-16-13-5-11(15)2-3-12(10)13/h2-3,5-6,9,16H,4,7-8H2,1H3. The van der Waals surface area contributed by atoms with Gasteiger partial charge in [-0.3, -0.25) is 4.79 Å². The van der Waals surface area contributed by atoms with Crippen molar-refractivity contribution in [2.24, 2.45) is 5.92 Å². The van der Waals surface area contributed by atoms with Gasteiger partial charge in [0.2, 0.25) is 5.91 Å². The third kappa shape index (κ3) is 1.88. The number of H-pyrrole nitrogens is 1. The van der Waals surface area contributed by atoms with Gasteiger partial charge in [-0.1, -0.05) is 6.92 Å². The van der Waals surface area contributed by atoms with Gasteiger partial charge < -0.3 is 9.88 Å². The van der Waals surface area contributed by atoms with Crippen LogP contribution in [0.2, 0.25) is 0 Å². The van der Waals surface area contributed by atoms with Crippen molar-refractivity contribution in [3.05, 3.63) is 35.8 Å². The molecule has 0 spiro atoms. The van der Waals surface area contributed by atoms with Crippen molar-refractivity contribution < 1.29 is 9.18 Å². The van der Waals surface area contributed by atoms with Gasteiger partial charge in [0.05, 0.1) is 6.42 Å². The fourth-order valence-corrected chi connectivity index (χ4v) is 2.48. The number of carbonyl (C=O) groups is 1. The summed E-state index contributed by atoms with van der Waals surface area (Å²) in [5, 5.41) is 0.929. The van der Waals surface area contributed by atoms with Gasteiger partial charge in [-0.05, 0) is 29.7 Å². The maximum Gasteiger partial charge on any atom is 0.227 e. The summed E-state index contributed by atoms with van der Waals surface area (Å²) in [6.45, 7) is 3.85. The highest BCUT2D eigenvalue weighted by molar-refractivity contribution is 5.89. The Morgan fingerprint density at radius 2 is 2.28 bits per heavy atom. The molecule has 2 aromatic rings. The van der Waals surface area contributed by atoms with Crippen molar-refractivity contribution in [2.75, 3.05) is 13.1 Å². The summed E-state index contributed by atoms with van der Waals surface area (Å²) in [4.78, 5) is 16.9. The Labute approximate surface area is 105 Å². The zero-order chi connectivity index (χ0) is 12.7. The third-order valence-electron chi connectivity index (χ3n) is 3.49. The minimum Gasteiger partial charge on any atom is -0.361 e. The van der Waals surface area contributed by atoms with Crippen LogP contribution in [0.3, 0.4) is 0 Å². The molecule has 1 aliphatic heterocycles. The molecule has 0 radical (unpaired) electrons. The Kier molecular flexibility index (Phi) is 2.58. The van der Waals surface area contributed by atoms with E-state index in [9.17, 15) is 9.18 Å². The molecule has 1 saturated heterocycles. The molecule has 0 aliphatic carbocycles. The lowest BCUT2D eigenvalue weighted by molar-refractivity contribution is -0.136. The Bertz CT molecular complexity index is 599. The van der Waals surface area contributed by atoms with Crippen molar-refractivity contribution in [1.82, 2.24) is 9.88 Å². The molecule has 0 unspecified atom stereocenters. The van der Waals surface area contributed by atoms with Crippen LogP contribution in [-0.4, -0.2) is 28.9 Å². The molecule has 0 saturated carbocycles. The molecule has 0 atom stereocenters. The molecule has 4 heteroatoms. The number of rotatable bonds is 2. The topological polar surface area (TPSA) is 36.1 Å². The van der Waals surface area contributed by atoms with Crippen molar-refractivity contribution in [3.63, 3.8) is 0 Å². The van der Waals surface area contributed by atoms with Crippen LogP contribution >= 0.6 is 0 Å². The molecular formula is C14H15FN2O. The van der Waals surface area contributed by atoms with Gasteiger partial charge in [0, 0.05) is 30.2 Å². The van der Waals surface area contributed by atoms with Crippen LogP contribution in [0.15, 0.2) is 24.4 Å². The van der Waals surface area contributed by atoms with Gasteiger partial charge in [0.1, 0.15) is 5.82 Å². The molecule has 94 valence electrons. The van der Waals surface area contributed by atoms with Crippen LogP contribution < -0.4 is 0 Å². The van der Waals surface area contributed by atoms with Gasteiger partial charge in [0.15, 0.2) is 0 Å². The number of aromatic amines is 1. The molecule has 1 fully saturated rings. The second-order valence-corrected chi connectivity index (χ2v) is 5.08. The fraction of sp³-hybridized carbons (Fsp3) is 0.357. The SMILES string of the molecule is CC1CN(C(=O)Cc2c[nH]c3cc(F)ccc23)C1. The molecule has 1 N–H and O–H groups in total. The number of amides is 1. The summed E-state index contributed by atoms with van der Waals surface area (Å²) in [5.41, 5.74) is 1.68. The lowest BCUT2D eigenvalue weighted by Crippen LogP contribution is -2.49. The second-order valence-electron chi connectivity index (χ2n) is 5.08. The van der Waals surface area contributed by atoms with Gasteiger partial charge >= 0.3 is 0 Å². The van der Waals surface area contributed by atoms with Crippen molar-refractivity contribution in [1.29, 1.82) is 0 Å². The maximum atomic E-state index is 13.0. The number of hydrogen-bond donors (Lipinski definition) is 1. The second kappa shape index (κ2) is 4.12. The summed E-state index contributed by atoms with van der Waals surface area (Å²) < 4.78 is 13.0. The van der Waals surface area contributed by atoms with Crippen LogP contribution in [-0.2, 0) is 11.2 Å². The van der Waals surface area contributed by atoms with Gasteiger partial charge in [-0.15, -0.1) is 0 Å². The van der Waals surface area contributed by atoms with Crippen LogP contribution in [0.25, 0.3) is 10.9 Å². The summed E-state index contributed by atoms with van der Waals surface area (Å²) in [5.74, 6) is 0.503. The van der Waals surface area contributed by atoms with E-state index in [-0.39, 0.29) is 11.7 Å². The lowest BCUT2D eigenvalue weighted by atomic mass is 10.0. The molecule has 1 amide bonds. The van der Waals surface area contributed by atoms with E-state index < -0.39 is 0 Å². The maximum absolute atomic E-state index is 13.0. The minimum absolute atomic E-state index is 0.151. The first kappa shape index (κ1) is 11.3. The summed E-state index contributed by atoms with van der Waals surface area (Å²) in [6, 6.07) is 4.60. The van der Waals surface area contributed by atoms with Crippen LogP contribution in [0.4, 0.5) is 4.39 Å². The number of likely N-dealkylation sites (tertiary alicyclic amines) is 1. The number of aromatic nitrogens is 1. The van der Waals surface area contributed by atoms with E-state index in [0.717, 1.165) is 29.6 Å². The van der Waals surface area contributed by atoms with E-state index in [1.165, 1.54) is 12.1 Å². The molecule has 1 aromatic heterocycles. The molecule has 3 rings (SSSR count). The third-order valence-corrected chi connectivity index (χ3v) is 3.49. The molecule has 1 aromatic carbocycles. The predicted octanol–water partition coefficient (Wildman–Crippen LogP) is 2.33. The van der Waals surface area contributed by atoms with Crippen molar-refractivity contribution in [3.8, 4) is 0 Å². The quantitative estimate of drug-likeness (QED) is 0.867. The smallest absolute Gasteiger partial charge is 0.227 e. The normalized spacial score (nSPS) is 16.0. The molecule has 0 bridgehead atoms. The zero-order valence-electron chi connectivity index (χ0n) is 10.2. The summed E-state index contributed by atoms with van der Waals surface area (Å²) in [7, 11) is 0. The fourth-order valence-electron chi connectivity index (χ4n) is 2.48. The molecule has 2 heterocycles. The van der Waals surface area contributed by atoms with E-state index in [0.29, 0.717) is 12.3 Å². The summed E-state index contributed by atoms with van der Waals surface area (Å²) in [6.07, 6.45) is 2.18. The highest BCUT2D eigenvalue weighted by Crippen LogP contribution is 2.22. The summed E-state index contributed by atoms with van der Waals surface area (Å²) >= 11 is 0. The zero-order valence-corrected chi connectivity index (χ0v) is 10.2. The average molecular weight is 246 g/mol. The Balaban J connectivity index is 1.80. The largest absolute Gasteiger partial charge is 0.361 e. The van der Waals surface area contributed by atoms with Crippen LogP contribution in [0.5, 0.6) is 0 Å². The number of nitrogens with one attached hydrogen (secondary N) is 1. The predicted molar refractivity (Wildman–Crippen MR) is 67.7 cm³/mol. The molecule has 1 aliphatic rings. The first-order valence-corrected chi connectivity index (χ1v) is 6.17. The Morgan fingerprint density at radius 3 is 3.00 bits per heavy atom. The van der Waals surface area contributed by atoms with E-state index in [2.05, 4.69) is 11.9 Å². The van der Waals surface area contributed by atoms with Crippen molar-refractivity contribution in [2.45, 2.75) is 13.3 Å². The number of fused-ring (bicyclic) bond motifs is 1. The van der Waals surface area contributed by atoms with E-state index in [1.807, 2.05) is 4.90 Å². The van der Waals surface area contributed by atoms with Crippen molar-refractivity contribution >= 4 is 16.8 Å². The number of benzene rings is 1. The van der Waals surface area contributed by atoms with Gasteiger partial charge in [-0.25, -0.2) is 4.39 Å². The van der Waals surface area contributed by atoms with E-state index >= 15 is 0 Å². The highest BCUT2D eigenvalue weighted by Gasteiger charge is 2.27. The number of hydrogen-bond acceptors (Lipinski definition) is 1. The highest BCUT2D eigenvalue weighted by atomic mass is 19.1. The van der Waals surface area contributed by atoms with Gasteiger partial charge in [-0.2, -0.15) is 0 Å². The monoisotopic (exact) mass is 246 g/mol. The lowest BCUT2D eigenvalue weighted by Gasteiger charge is -2.37. The first-order chi connectivity index (χ1) is 8.63. The Hall–Kier alpha value is -1.84. The average Bonchev–Trinajstić information content (AvgIpc) is 2.67. The first-order valence-electron chi connectivity index (χ1n) is 6.17. The van der Waals surface area contributed by atoms with Crippen LogP contribution in [0.1, 0.15) is 12.5 Å². The molecule has 18 heavy (non-hydrogen) atoms. The van der Waals surface area contributed by atoms with Gasteiger partial charge in [0.25, 0.3) is 0 Å². The number of nitrogens with zero attached hydrogens (tertiary/aromatic N) is 1. The minimum atomic E-state index is -0.265. The van der Waals surface area contributed by atoms with E-state index in [4.69, 9.17) is 0 Å². The van der Waals surface area contributed by atoms with Crippen LogP contribution in [0, 0.1) is 11.7 Å².